The number of benzene rings is 1. The molecule has 0 fully saturated rings. The van der Waals surface area contributed by atoms with Gasteiger partial charge in [0.2, 0.25) is 0 Å². The van der Waals surface area contributed by atoms with Gasteiger partial charge >= 0.3 is 12.6 Å². The van der Waals surface area contributed by atoms with Crippen molar-refractivity contribution in [3.63, 3.8) is 0 Å². The number of carbonyl (C=O) groups is 1. The van der Waals surface area contributed by atoms with Gasteiger partial charge in [0.1, 0.15) is 0 Å². The van der Waals surface area contributed by atoms with E-state index in [1.165, 1.54) is 0 Å². The number of carboxylic acid groups (broad SMARTS) is 1. The minimum Gasteiger partial charge on any atom is -0.490 e. The molecule has 0 aliphatic rings. The molecule has 0 amide bonds. The third-order valence-corrected chi connectivity index (χ3v) is 3.62. The second-order valence-corrected chi connectivity index (χ2v) is 5.96. The number of halogens is 3. The molecule has 130 valence electrons. The molecule has 0 aliphatic carbocycles. The van der Waals surface area contributed by atoms with Crippen molar-refractivity contribution in [2.75, 3.05) is 13.2 Å². The highest BCUT2D eigenvalue weighted by Gasteiger charge is 2.19. The highest BCUT2D eigenvalue weighted by molar-refractivity contribution is 9.10. The van der Waals surface area contributed by atoms with Crippen LogP contribution in [0.15, 0.2) is 16.6 Å². The monoisotopic (exact) mass is 395 g/mol. The maximum absolute atomic E-state index is 12.5. The van der Waals surface area contributed by atoms with Crippen LogP contribution in [0.4, 0.5) is 8.78 Å². The van der Waals surface area contributed by atoms with Gasteiger partial charge in [-0.25, -0.2) is 0 Å². The lowest BCUT2D eigenvalue weighted by atomic mass is 10.1. The Kier molecular flexibility index (Phi) is 7.70. The van der Waals surface area contributed by atoms with Crippen LogP contribution in [0, 0.1) is 0 Å². The number of nitrogens with zero attached hydrogens (tertiary/aromatic N) is 1. The SMILES string of the molecule is CCOc1cc(CN(CC(=O)O)C(C)C)cc(Br)c1OC(F)F. The molecule has 0 aromatic heterocycles. The molecule has 0 heterocycles. The third kappa shape index (κ3) is 6.31. The first-order valence-corrected chi connectivity index (χ1v) is 7.89. The maximum Gasteiger partial charge on any atom is 0.387 e. The molecular formula is C15H20BrF2NO4. The predicted octanol–water partition coefficient (Wildman–Crippen LogP) is 3.74. The summed E-state index contributed by atoms with van der Waals surface area (Å²) in [6, 6.07) is 3.22. The molecule has 5 nitrogen and oxygen atoms in total. The Morgan fingerprint density at radius 1 is 1.39 bits per heavy atom. The van der Waals surface area contributed by atoms with Crippen molar-refractivity contribution >= 4 is 21.9 Å². The molecular weight excluding hydrogens is 376 g/mol. The number of ether oxygens (including phenoxy) is 2. The van der Waals surface area contributed by atoms with Crippen LogP contribution in [0.1, 0.15) is 26.3 Å². The van der Waals surface area contributed by atoms with Crippen LogP contribution in [0.2, 0.25) is 0 Å². The number of hydrogen-bond donors (Lipinski definition) is 1. The fourth-order valence-corrected chi connectivity index (χ4v) is 2.59. The summed E-state index contributed by atoms with van der Waals surface area (Å²) in [5, 5.41) is 8.97. The summed E-state index contributed by atoms with van der Waals surface area (Å²) in [7, 11) is 0. The van der Waals surface area contributed by atoms with Crippen LogP contribution in [0.3, 0.4) is 0 Å². The van der Waals surface area contributed by atoms with Crippen molar-refractivity contribution in [2.24, 2.45) is 0 Å². The summed E-state index contributed by atoms with van der Waals surface area (Å²) in [5.74, 6) is -0.809. The summed E-state index contributed by atoms with van der Waals surface area (Å²) >= 11 is 3.20. The van der Waals surface area contributed by atoms with Crippen molar-refractivity contribution in [1.29, 1.82) is 0 Å². The topological polar surface area (TPSA) is 59.0 Å². The number of rotatable bonds is 9. The molecule has 23 heavy (non-hydrogen) atoms. The van der Waals surface area contributed by atoms with Crippen LogP contribution in [-0.4, -0.2) is 41.8 Å². The summed E-state index contributed by atoms with van der Waals surface area (Å²) in [5.41, 5.74) is 0.733. The molecule has 1 aromatic carbocycles. The van der Waals surface area contributed by atoms with Gasteiger partial charge < -0.3 is 14.6 Å². The Labute approximate surface area is 142 Å². The first-order valence-electron chi connectivity index (χ1n) is 7.10. The van der Waals surface area contributed by atoms with Crippen molar-refractivity contribution in [3.8, 4) is 11.5 Å². The van der Waals surface area contributed by atoms with Crippen molar-refractivity contribution in [3.05, 3.63) is 22.2 Å². The number of hydrogen-bond acceptors (Lipinski definition) is 4. The fraction of sp³-hybridized carbons (Fsp3) is 0.533. The van der Waals surface area contributed by atoms with Gasteiger partial charge in [-0.05, 0) is 54.4 Å². The molecule has 8 heteroatoms. The van der Waals surface area contributed by atoms with E-state index in [1.54, 1.807) is 24.0 Å². The summed E-state index contributed by atoms with van der Waals surface area (Å²) in [6.07, 6.45) is 0. The van der Waals surface area contributed by atoms with E-state index in [2.05, 4.69) is 20.7 Å². The molecule has 0 bridgehead atoms. The Bertz CT molecular complexity index is 540. The van der Waals surface area contributed by atoms with E-state index in [9.17, 15) is 13.6 Å². The molecule has 1 aromatic rings. The average Bonchev–Trinajstić information content (AvgIpc) is 2.41. The predicted molar refractivity (Wildman–Crippen MR) is 85.1 cm³/mol. The zero-order valence-electron chi connectivity index (χ0n) is 13.2. The molecule has 0 aliphatic heterocycles. The van der Waals surface area contributed by atoms with Gasteiger partial charge in [0.25, 0.3) is 0 Å². The Hall–Kier alpha value is -1.41. The van der Waals surface area contributed by atoms with Crippen molar-refractivity contribution < 1.29 is 28.2 Å². The van der Waals surface area contributed by atoms with Crippen LogP contribution in [0.25, 0.3) is 0 Å². The lowest BCUT2D eigenvalue weighted by Gasteiger charge is -2.25. The number of alkyl halides is 2. The smallest absolute Gasteiger partial charge is 0.387 e. The minimum atomic E-state index is -2.96. The van der Waals surface area contributed by atoms with Crippen LogP contribution < -0.4 is 9.47 Å². The average molecular weight is 396 g/mol. The fourth-order valence-electron chi connectivity index (χ4n) is 2.01. The van der Waals surface area contributed by atoms with Crippen molar-refractivity contribution in [1.82, 2.24) is 4.90 Å². The molecule has 0 saturated carbocycles. The summed E-state index contributed by atoms with van der Waals surface area (Å²) in [6.45, 7) is 3.06. The number of aliphatic carboxylic acids is 1. The van der Waals surface area contributed by atoms with E-state index in [4.69, 9.17) is 9.84 Å². The van der Waals surface area contributed by atoms with Gasteiger partial charge in [0.05, 0.1) is 17.6 Å². The van der Waals surface area contributed by atoms with Gasteiger partial charge in [-0.1, -0.05) is 0 Å². The highest BCUT2D eigenvalue weighted by atomic mass is 79.9. The maximum atomic E-state index is 12.5. The first-order chi connectivity index (χ1) is 10.7. The highest BCUT2D eigenvalue weighted by Crippen LogP contribution is 2.38. The minimum absolute atomic E-state index is 0.0115. The lowest BCUT2D eigenvalue weighted by molar-refractivity contribution is -0.138. The molecule has 1 N–H and O–H groups in total. The van der Waals surface area contributed by atoms with E-state index < -0.39 is 12.6 Å². The molecule has 0 radical (unpaired) electrons. The Balaban J connectivity index is 3.09. The summed E-state index contributed by atoms with van der Waals surface area (Å²) < 4.78 is 35.2. The third-order valence-electron chi connectivity index (χ3n) is 3.03. The van der Waals surface area contributed by atoms with Crippen LogP contribution >= 0.6 is 15.9 Å². The normalized spacial score (nSPS) is 11.3. The standard InChI is InChI=1S/C15H20BrF2NO4/c1-4-22-12-6-10(5-11(16)14(12)23-15(17)18)7-19(9(2)3)8-13(20)21/h5-6,9,15H,4,7-8H2,1-3H3,(H,20,21). The molecule has 1 rings (SSSR count). The van der Waals surface area contributed by atoms with Gasteiger partial charge in [-0.15, -0.1) is 0 Å². The first kappa shape index (κ1) is 19.6. The Morgan fingerprint density at radius 3 is 2.52 bits per heavy atom. The van der Waals surface area contributed by atoms with Crippen LogP contribution in [-0.2, 0) is 11.3 Å². The second kappa shape index (κ2) is 9.02. The van der Waals surface area contributed by atoms with Gasteiger partial charge in [0.15, 0.2) is 11.5 Å². The molecule has 0 saturated heterocycles. The zero-order valence-corrected chi connectivity index (χ0v) is 14.8. The van der Waals surface area contributed by atoms with E-state index in [-0.39, 0.29) is 24.1 Å². The quantitative estimate of drug-likeness (QED) is 0.689. The molecule has 0 unspecified atom stereocenters. The van der Waals surface area contributed by atoms with E-state index in [0.29, 0.717) is 17.6 Å². The molecule has 0 atom stereocenters. The van der Waals surface area contributed by atoms with E-state index in [1.807, 2.05) is 13.8 Å². The van der Waals surface area contributed by atoms with Gasteiger partial charge in [-0.3, -0.25) is 9.69 Å². The summed E-state index contributed by atoms with van der Waals surface area (Å²) in [4.78, 5) is 12.7. The van der Waals surface area contributed by atoms with Crippen LogP contribution in [0.5, 0.6) is 11.5 Å². The largest absolute Gasteiger partial charge is 0.490 e. The van der Waals surface area contributed by atoms with Crippen molar-refractivity contribution in [2.45, 2.75) is 40.0 Å². The number of carboxylic acids is 1. The second-order valence-electron chi connectivity index (χ2n) is 5.11. The zero-order chi connectivity index (χ0) is 17.6. The van der Waals surface area contributed by atoms with E-state index in [0.717, 1.165) is 5.56 Å². The van der Waals surface area contributed by atoms with Gasteiger partial charge in [-0.2, -0.15) is 8.78 Å². The molecule has 0 spiro atoms. The lowest BCUT2D eigenvalue weighted by Crippen LogP contribution is -2.35. The van der Waals surface area contributed by atoms with E-state index >= 15 is 0 Å². The van der Waals surface area contributed by atoms with Gasteiger partial charge in [0, 0.05) is 12.6 Å². The Morgan fingerprint density at radius 2 is 2.04 bits per heavy atom.